The molecule has 0 bridgehead atoms. The molecule has 2 fully saturated rings. The lowest BCUT2D eigenvalue weighted by atomic mass is 9.93. The Morgan fingerprint density at radius 1 is 1.33 bits per heavy atom. The number of ether oxygens (including phenoxy) is 3. The molecule has 3 atom stereocenters. The molecule has 5 nitrogen and oxygen atoms in total. The molecule has 0 spiro atoms. The van der Waals surface area contributed by atoms with Crippen molar-refractivity contribution < 1.29 is 14.2 Å². The second-order valence-corrected chi connectivity index (χ2v) is 6.63. The third kappa shape index (κ3) is 3.56. The minimum atomic E-state index is 0.338. The van der Waals surface area contributed by atoms with Crippen LogP contribution in [0.4, 0.5) is 0 Å². The smallest absolute Gasteiger partial charge is 0.136 e. The second kappa shape index (κ2) is 7.98. The summed E-state index contributed by atoms with van der Waals surface area (Å²) in [5, 5.41) is 9.29. The van der Waals surface area contributed by atoms with Gasteiger partial charge in [0.2, 0.25) is 0 Å². The van der Waals surface area contributed by atoms with Crippen molar-refractivity contribution in [3.05, 3.63) is 29.3 Å². The minimum absolute atomic E-state index is 0.338. The maximum absolute atomic E-state index is 9.29. The largest absolute Gasteiger partial charge is 0.495 e. The number of benzene rings is 1. The van der Waals surface area contributed by atoms with Crippen molar-refractivity contribution in [2.45, 2.75) is 38.0 Å². The first-order chi connectivity index (χ1) is 11.8. The summed E-state index contributed by atoms with van der Waals surface area (Å²) >= 11 is 0. The molecular weight excluding hydrogens is 304 g/mol. The van der Waals surface area contributed by atoms with E-state index in [1.807, 2.05) is 19.2 Å². The summed E-state index contributed by atoms with van der Waals surface area (Å²) in [5.41, 5.74) is 1.74. The van der Waals surface area contributed by atoms with Gasteiger partial charge in [-0.3, -0.25) is 4.90 Å². The van der Waals surface area contributed by atoms with Gasteiger partial charge in [0.15, 0.2) is 0 Å². The highest BCUT2D eigenvalue weighted by atomic mass is 16.5. The van der Waals surface area contributed by atoms with Crippen molar-refractivity contribution in [1.29, 1.82) is 5.26 Å². The summed E-state index contributed by atoms with van der Waals surface area (Å²) in [5.74, 6) is 1.17. The van der Waals surface area contributed by atoms with Crippen molar-refractivity contribution in [1.82, 2.24) is 4.90 Å². The summed E-state index contributed by atoms with van der Waals surface area (Å²) in [6.45, 7) is 3.29. The van der Waals surface area contributed by atoms with Gasteiger partial charge in [-0.05, 0) is 30.5 Å². The number of morpholine rings is 1. The Morgan fingerprint density at radius 2 is 2.21 bits per heavy atom. The first-order valence-electron chi connectivity index (χ1n) is 8.68. The molecule has 5 heteroatoms. The Labute approximate surface area is 144 Å². The number of rotatable bonds is 5. The summed E-state index contributed by atoms with van der Waals surface area (Å²) in [4.78, 5) is 2.49. The van der Waals surface area contributed by atoms with Gasteiger partial charge in [0.05, 0.1) is 32.0 Å². The van der Waals surface area contributed by atoms with E-state index in [-0.39, 0.29) is 0 Å². The van der Waals surface area contributed by atoms with E-state index in [0.29, 0.717) is 29.4 Å². The Bertz CT molecular complexity index is 599. The van der Waals surface area contributed by atoms with Gasteiger partial charge in [-0.2, -0.15) is 5.26 Å². The van der Waals surface area contributed by atoms with Crippen LogP contribution in [0.25, 0.3) is 0 Å². The number of hydrogen-bond donors (Lipinski definition) is 0. The normalized spacial score (nSPS) is 27.8. The number of methoxy groups -OCH3 is 2. The van der Waals surface area contributed by atoms with Crippen LogP contribution in [0.1, 0.15) is 30.4 Å². The molecule has 0 radical (unpaired) electrons. The summed E-state index contributed by atoms with van der Waals surface area (Å²) < 4.78 is 16.7. The van der Waals surface area contributed by atoms with Crippen LogP contribution in [0, 0.1) is 17.2 Å². The van der Waals surface area contributed by atoms with Gasteiger partial charge in [-0.25, -0.2) is 0 Å². The molecule has 1 aliphatic carbocycles. The first kappa shape index (κ1) is 17.2. The molecule has 1 saturated heterocycles. The van der Waals surface area contributed by atoms with E-state index in [0.717, 1.165) is 38.3 Å². The van der Waals surface area contributed by atoms with Crippen LogP contribution in [0.3, 0.4) is 0 Å². The molecule has 2 aliphatic rings. The zero-order valence-electron chi connectivity index (χ0n) is 14.5. The Hall–Kier alpha value is -1.61. The van der Waals surface area contributed by atoms with E-state index in [9.17, 15) is 5.26 Å². The van der Waals surface area contributed by atoms with Crippen molar-refractivity contribution in [2.24, 2.45) is 5.92 Å². The van der Waals surface area contributed by atoms with Gasteiger partial charge in [0.1, 0.15) is 11.8 Å². The van der Waals surface area contributed by atoms with E-state index in [1.165, 1.54) is 12.8 Å². The van der Waals surface area contributed by atoms with Gasteiger partial charge in [-0.1, -0.05) is 12.5 Å². The number of hydrogen-bond acceptors (Lipinski definition) is 5. The number of nitriles is 1. The predicted molar refractivity (Wildman–Crippen MR) is 90.9 cm³/mol. The van der Waals surface area contributed by atoms with Crippen LogP contribution in [0.15, 0.2) is 18.2 Å². The maximum atomic E-state index is 9.29. The van der Waals surface area contributed by atoms with Crippen molar-refractivity contribution in [3.8, 4) is 11.8 Å². The standard InChI is InChI=1S/C19H26N2O3/c1-22-18-7-6-14(10-15(18)11-20)12-21-8-9-24-13-17(21)16-4-3-5-19(16)23-2/h6-7,10,16-17,19H,3-5,8-9,12-13H2,1-2H3/t16-,17+,19+/m0/s1. The average molecular weight is 330 g/mol. The lowest BCUT2D eigenvalue weighted by Gasteiger charge is -2.40. The molecule has 1 aliphatic heterocycles. The zero-order valence-corrected chi connectivity index (χ0v) is 14.5. The topological polar surface area (TPSA) is 54.7 Å². The van der Waals surface area contributed by atoms with Crippen molar-refractivity contribution in [3.63, 3.8) is 0 Å². The fourth-order valence-electron chi connectivity index (χ4n) is 4.11. The van der Waals surface area contributed by atoms with E-state index < -0.39 is 0 Å². The van der Waals surface area contributed by atoms with E-state index in [4.69, 9.17) is 14.2 Å². The minimum Gasteiger partial charge on any atom is -0.495 e. The van der Waals surface area contributed by atoms with Gasteiger partial charge < -0.3 is 14.2 Å². The fourth-order valence-corrected chi connectivity index (χ4v) is 4.11. The molecule has 130 valence electrons. The van der Waals surface area contributed by atoms with Gasteiger partial charge >= 0.3 is 0 Å². The average Bonchev–Trinajstić information content (AvgIpc) is 3.10. The lowest BCUT2D eigenvalue weighted by Crippen LogP contribution is -2.50. The molecule has 0 aromatic heterocycles. The molecule has 1 aromatic carbocycles. The Morgan fingerprint density at radius 3 is 2.96 bits per heavy atom. The monoisotopic (exact) mass is 330 g/mol. The Balaban J connectivity index is 1.76. The SMILES string of the molecule is COc1ccc(CN2CCOC[C@@H]2[C@@H]2CCC[C@H]2OC)cc1C#N. The molecule has 1 saturated carbocycles. The van der Waals surface area contributed by atoms with Crippen molar-refractivity contribution >= 4 is 0 Å². The zero-order chi connectivity index (χ0) is 16.9. The van der Waals surface area contributed by atoms with Crippen LogP contribution in [-0.4, -0.2) is 51.0 Å². The molecule has 0 amide bonds. The summed E-state index contributed by atoms with van der Waals surface area (Å²) in [6, 6.07) is 8.48. The second-order valence-electron chi connectivity index (χ2n) is 6.63. The van der Waals surface area contributed by atoms with Crippen LogP contribution in [0.2, 0.25) is 0 Å². The van der Waals surface area contributed by atoms with Crippen LogP contribution in [0.5, 0.6) is 5.75 Å². The molecule has 3 rings (SSSR count). The van der Waals surface area contributed by atoms with Crippen molar-refractivity contribution in [2.75, 3.05) is 34.0 Å². The molecule has 24 heavy (non-hydrogen) atoms. The van der Waals surface area contributed by atoms with Gasteiger partial charge in [0.25, 0.3) is 0 Å². The lowest BCUT2D eigenvalue weighted by molar-refractivity contribution is -0.0608. The quantitative estimate of drug-likeness (QED) is 0.830. The molecule has 1 aromatic rings. The molecule has 0 unspecified atom stereocenters. The van der Waals surface area contributed by atoms with Crippen LogP contribution in [-0.2, 0) is 16.0 Å². The number of nitrogens with zero attached hydrogens (tertiary/aromatic N) is 2. The Kier molecular flexibility index (Phi) is 5.72. The third-order valence-corrected chi connectivity index (χ3v) is 5.35. The third-order valence-electron chi connectivity index (χ3n) is 5.35. The fraction of sp³-hybridized carbons (Fsp3) is 0.632. The summed E-state index contributed by atoms with van der Waals surface area (Å²) in [7, 11) is 3.42. The van der Waals surface area contributed by atoms with E-state index >= 15 is 0 Å². The van der Waals surface area contributed by atoms with Crippen LogP contribution < -0.4 is 4.74 Å². The van der Waals surface area contributed by atoms with Gasteiger partial charge in [-0.15, -0.1) is 0 Å². The molecule has 0 N–H and O–H groups in total. The maximum Gasteiger partial charge on any atom is 0.136 e. The molecule has 1 heterocycles. The summed E-state index contributed by atoms with van der Waals surface area (Å²) in [6.07, 6.45) is 3.92. The highest BCUT2D eigenvalue weighted by Crippen LogP contribution is 2.34. The predicted octanol–water partition coefficient (Wildman–Crippen LogP) is 2.58. The van der Waals surface area contributed by atoms with Gasteiger partial charge in [0, 0.05) is 32.2 Å². The molecular formula is C19H26N2O3. The van der Waals surface area contributed by atoms with Crippen LogP contribution >= 0.6 is 0 Å². The highest BCUT2D eigenvalue weighted by molar-refractivity contribution is 5.45. The van der Waals surface area contributed by atoms with E-state index in [2.05, 4.69) is 17.0 Å². The highest BCUT2D eigenvalue weighted by Gasteiger charge is 2.38. The first-order valence-corrected chi connectivity index (χ1v) is 8.68. The van der Waals surface area contributed by atoms with E-state index in [1.54, 1.807) is 7.11 Å².